The van der Waals surface area contributed by atoms with Gasteiger partial charge in [0.25, 0.3) is 0 Å². The summed E-state index contributed by atoms with van der Waals surface area (Å²) in [7, 11) is 0. The third kappa shape index (κ3) is 1.39. The van der Waals surface area contributed by atoms with Gasteiger partial charge in [-0.3, -0.25) is 0 Å². The Labute approximate surface area is 74.5 Å². The van der Waals surface area contributed by atoms with Crippen LogP contribution in [-0.2, 0) is 6.54 Å². The molecule has 0 fully saturated rings. The zero-order valence-corrected chi connectivity index (χ0v) is 6.78. The van der Waals surface area contributed by atoms with Crippen LogP contribution in [0.2, 0.25) is 0 Å². The number of ether oxygens (including phenoxy) is 2. The lowest BCUT2D eigenvalue weighted by Crippen LogP contribution is -2.06. The van der Waals surface area contributed by atoms with Gasteiger partial charge in [-0.25, -0.2) is 5.48 Å². The van der Waals surface area contributed by atoms with Gasteiger partial charge in [-0.15, -0.1) is 0 Å². The summed E-state index contributed by atoms with van der Waals surface area (Å²) in [5.41, 5.74) is 2.52. The average Bonchev–Trinajstić information content (AvgIpc) is 2.52. The molecule has 2 rings (SSSR count). The first-order valence-electron chi connectivity index (χ1n) is 3.79. The van der Waals surface area contributed by atoms with Gasteiger partial charge in [-0.05, 0) is 6.07 Å². The van der Waals surface area contributed by atoms with E-state index >= 15 is 0 Å². The molecule has 0 amide bonds. The fraction of sp³-hybridized carbons (Fsp3) is 0.250. The summed E-state index contributed by atoms with van der Waals surface area (Å²) < 4.78 is 10.1. The lowest BCUT2D eigenvalue weighted by molar-refractivity contribution is 0.160. The Kier molecular flexibility index (Phi) is 1.96. The highest BCUT2D eigenvalue weighted by atomic mass is 16.7. The molecule has 1 aromatic carbocycles. The van der Waals surface area contributed by atoms with Crippen LogP contribution in [0.3, 0.4) is 0 Å². The molecule has 5 nitrogen and oxygen atoms in total. The Morgan fingerprint density at radius 3 is 2.69 bits per heavy atom. The van der Waals surface area contributed by atoms with Gasteiger partial charge in [-0.2, -0.15) is 0 Å². The minimum Gasteiger partial charge on any atom is -0.507 e. The zero-order chi connectivity index (χ0) is 9.26. The molecule has 5 heteroatoms. The first-order chi connectivity index (χ1) is 6.31. The van der Waals surface area contributed by atoms with Gasteiger partial charge in [0.05, 0.1) is 0 Å². The molecule has 0 unspecified atom stereocenters. The number of fused-ring (bicyclic) bond motifs is 1. The minimum absolute atomic E-state index is 0.0748. The maximum Gasteiger partial charge on any atom is 0.231 e. The normalized spacial score (nSPS) is 13.3. The summed E-state index contributed by atoms with van der Waals surface area (Å²) in [4.78, 5) is 0. The van der Waals surface area contributed by atoms with E-state index in [9.17, 15) is 5.11 Å². The van der Waals surface area contributed by atoms with Crippen molar-refractivity contribution >= 4 is 0 Å². The molecule has 13 heavy (non-hydrogen) atoms. The summed E-state index contributed by atoms with van der Waals surface area (Å²) >= 11 is 0. The van der Waals surface area contributed by atoms with Crippen molar-refractivity contribution in [3.63, 3.8) is 0 Å². The maximum absolute atomic E-state index is 9.42. The number of phenols is 1. The molecule has 1 aromatic rings. The lowest BCUT2D eigenvalue weighted by atomic mass is 10.2. The summed E-state index contributed by atoms with van der Waals surface area (Å²) in [6, 6.07) is 3.09. The van der Waals surface area contributed by atoms with Crippen LogP contribution < -0.4 is 15.0 Å². The number of aromatic hydroxyl groups is 1. The van der Waals surface area contributed by atoms with Crippen molar-refractivity contribution in [3.05, 3.63) is 17.7 Å². The monoisotopic (exact) mass is 183 g/mol. The first kappa shape index (κ1) is 8.15. The molecule has 0 bridgehead atoms. The Hall–Kier alpha value is -1.46. The van der Waals surface area contributed by atoms with E-state index in [1.54, 1.807) is 6.07 Å². The highest BCUT2D eigenvalue weighted by Crippen LogP contribution is 2.37. The van der Waals surface area contributed by atoms with Crippen molar-refractivity contribution in [2.24, 2.45) is 0 Å². The highest BCUT2D eigenvalue weighted by molar-refractivity contribution is 5.51. The molecule has 0 spiro atoms. The molecule has 1 aliphatic rings. The third-order valence-corrected chi connectivity index (χ3v) is 1.84. The second kappa shape index (κ2) is 3.12. The molecule has 1 aliphatic heterocycles. The standard InChI is InChI=1S/C8H9NO4/c10-6-2-8-7(12-4-13-8)1-5(6)3-9-11/h1-2,9-11H,3-4H2. The zero-order valence-electron chi connectivity index (χ0n) is 6.78. The number of benzene rings is 1. The highest BCUT2D eigenvalue weighted by Gasteiger charge is 2.16. The van der Waals surface area contributed by atoms with E-state index in [1.165, 1.54) is 6.07 Å². The lowest BCUT2D eigenvalue weighted by Gasteiger charge is -2.04. The average molecular weight is 183 g/mol. The SMILES string of the molecule is ONCc1cc2c(cc1O)OCO2. The van der Waals surface area contributed by atoms with E-state index < -0.39 is 0 Å². The molecule has 0 saturated heterocycles. The minimum atomic E-state index is 0.0748. The Balaban J connectivity index is 2.37. The molecule has 3 N–H and O–H groups in total. The fourth-order valence-corrected chi connectivity index (χ4v) is 1.20. The van der Waals surface area contributed by atoms with Crippen LogP contribution in [-0.4, -0.2) is 17.1 Å². The number of hydrogen-bond donors (Lipinski definition) is 3. The number of hydrogen-bond acceptors (Lipinski definition) is 5. The van der Waals surface area contributed by atoms with Crippen molar-refractivity contribution in [1.82, 2.24) is 5.48 Å². The first-order valence-corrected chi connectivity index (χ1v) is 3.79. The summed E-state index contributed by atoms with van der Waals surface area (Å²) in [6.07, 6.45) is 0. The van der Waals surface area contributed by atoms with Gasteiger partial charge in [0.1, 0.15) is 5.75 Å². The molecule has 0 atom stereocenters. The summed E-state index contributed by atoms with van der Waals surface area (Å²) in [5.74, 6) is 1.19. The largest absolute Gasteiger partial charge is 0.507 e. The molecule has 70 valence electrons. The van der Waals surface area contributed by atoms with E-state index in [1.807, 2.05) is 5.48 Å². The van der Waals surface area contributed by atoms with Crippen LogP contribution in [0.4, 0.5) is 0 Å². The molecular formula is C8H9NO4. The van der Waals surface area contributed by atoms with E-state index in [-0.39, 0.29) is 19.1 Å². The number of hydroxylamine groups is 1. The van der Waals surface area contributed by atoms with Gasteiger partial charge < -0.3 is 19.8 Å². The maximum atomic E-state index is 9.42. The second-order valence-corrected chi connectivity index (χ2v) is 2.67. The van der Waals surface area contributed by atoms with Crippen molar-refractivity contribution in [2.45, 2.75) is 6.54 Å². The van der Waals surface area contributed by atoms with E-state index in [4.69, 9.17) is 14.7 Å². The van der Waals surface area contributed by atoms with E-state index in [2.05, 4.69) is 0 Å². The van der Waals surface area contributed by atoms with Gasteiger partial charge >= 0.3 is 0 Å². The topological polar surface area (TPSA) is 71.0 Å². The van der Waals surface area contributed by atoms with Crippen LogP contribution in [0, 0.1) is 0 Å². The van der Waals surface area contributed by atoms with Gasteiger partial charge in [0.15, 0.2) is 11.5 Å². The summed E-state index contributed by atoms with van der Waals surface area (Å²) in [6.45, 7) is 0.341. The smallest absolute Gasteiger partial charge is 0.231 e. The molecule has 0 radical (unpaired) electrons. The van der Waals surface area contributed by atoms with Gasteiger partial charge in [0.2, 0.25) is 6.79 Å². The van der Waals surface area contributed by atoms with E-state index in [0.717, 1.165) is 0 Å². The molecule has 0 aromatic heterocycles. The van der Waals surface area contributed by atoms with Crippen molar-refractivity contribution in [1.29, 1.82) is 0 Å². The van der Waals surface area contributed by atoms with Crippen LogP contribution in [0.5, 0.6) is 17.2 Å². The molecule has 0 aliphatic carbocycles. The molecule has 1 heterocycles. The predicted octanol–water partition coefficient (Wildman–Crippen LogP) is 0.600. The second-order valence-electron chi connectivity index (χ2n) is 2.67. The van der Waals surface area contributed by atoms with Gasteiger partial charge in [-0.1, -0.05) is 0 Å². The van der Waals surface area contributed by atoms with Crippen LogP contribution in [0.1, 0.15) is 5.56 Å². The van der Waals surface area contributed by atoms with Crippen LogP contribution in [0.25, 0.3) is 0 Å². The van der Waals surface area contributed by atoms with Crippen molar-refractivity contribution in [3.8, 4) is 17.2 Å². The van der Waals surface area contributed by atoms with Crippen molar-refractivity contribution < 1.29 is 19.8 Å². The molecule has 0 saturated carbocycles. The fourth-order valence-electron chi connectivity index (χ4n) is 1.20. The summed E-state index contributed by atoms with van der Waals surface area (Å²) in [5, 5.41) is 17.9. The number of nitrogens with one attached hydrogen (secondary N) is 1. The number of phenolic OH excluding ortho intramolecular Hbond substituents is 1. The quantitative estimate of drug-likeness (QED) is 0.585. The number of rotatable bonds is 2. The Bertz CT molecular complexity index is 326. The van der Waals surface area contributed by atoms with E-state index in [0.29, 0.717) is 17.1 Å². The Morgan fingerprint density at radius 1 is 1.31 bits per heavy atom. The third-order valence-electron chi connectivity index (χ3n) is 1.84. The van der Waals surface area contributed by atoms with Crippen LogP contribution >= 0.6 is 0 Å². The predicted molar refractivity (Wildman–Crippen MR) is 42.9 cm³/mol. The van der Waals surface area contributed by atoms with Gasteiger partial charge in [0, 0.05) is 18.2 Å². The molecular weight excluding hydrogens is 174 g/mol. The Morgan fingerprint density at radius 2 is 2.00 bits per heavy atom. The van der Waals surface area contributed by atoms with Crippen LogP contribution in [0.15, 0.2) is 12.1 Å². The van der Waals surface area contributed by atoms with Crippen molar-refractivity contribution in [2.75, 3.05) is 6.79 Å².